The lowest BCUT2D eigenvalue weighted by Crippen LogP contribution is -2.04. The van der Waals surface area contributed by atoms with Crippen molar-refractivity contribution >= 4 is 5.69 Å². The third-order valence-electron chi connectivity index (χ3n) is 2.23. The van der Waals surface area contributed by atoms with Crippen molar-refractivity contribution in [3.05, 3.63) is 36.5 Å². The molecule has 0 amide bonds. The Hall–Kier alpha value is -1.75. The Labute approximate surface area is 94.0 Å². The van der Waals surface area contributed by atoms with Crippen LogP contribution in [0.2, 0.25) is 0 Å². The Morgan fingerprint density at radius 2 is 2.50 bits per heavy atom. The molecule has 2 rings (SSSR count). The summed E-state index contributed by atoms with van der Waals surface area (Å²) in [6, 6.07) is 1.93. The summed E-state index contributed by atoms with van der Waals surface area (Å²) in [5, 5.41) is 7.46. The van der Waals surface area contributed by atoms with Crippen LogP contribution in [-0.4, -0.2) is 23.5 Å². The van der Waals surface area contributed by atoms with Crippen molar-refractivity contribution in [2.75, 3.05) is 19.0 Å². The fourth-order valence-electron chi connectivity index (χ4n) is 1.36. The zero-order chi connectivity index (χ0) is 11.2. The van der Waals surface area contributed by atoms with E-state index in [2.05, 4.69) is 10.4 Å². The number of hydrogen-bond acceptors (Lipinski definition) is 4. The van der Waals surface area contributed by atoms with Gasteiger partial charge in [-0.2, -0.15) is 5.10 Å². The molecule has 2 aromatic heterocycles. The second-order valence-corrected chi connectivity index (χ2v) is 3.47. The molecule has 0 saturated heterocycles. The normalized spacial score (nSPS) is 10.6. The minimum Gasteiger partial charge on any atom is -0.472 e. The lowest BCUT2D eigenvalue weighted by molar-refractivity contribution is 0.183. The molecule has 2 aromatic rings. The SMILES string of the molecule is COCCn1cc(NCc2ccoc2)cn1. The number of nitrogens with zero attached hydrogens (tertiary/aromatic N) is 2. The van der Waals surface area contributed by atoms with Gasteiger partial charge in [0.2, 0.25) is 0 Å². The standard InChI is InChI=1S/C11H15N3O2/c1-15-5-3-14-8-11(7-13-14)12-6-10-2-4-16-9-10/h2,4,7-9,12H,3,5-6H2,1H3. The van der Waals surface area contributed by atoms with Crippen LogP contribution in [-0.2, 0) is 17.8 Å². The summed E-state index contributed by atoms with van der Waals surface area (Å²) in [6.07, 6.45) is 7.15. The summed E-state index contributed by atoms with van der Waals surface area (Å²) in [5.41, 5.74) is 2.11. The van der Waals surface area contributed by atoms with Crippen molar-refractivity contribution in [1.82, 2.24) is 9.78 Å². The molecule has 0 bridgehead atoms. The monoisotopic (exact) mass is 221 g/mol. The first kappa shape index (κ1) is 10.8. The third-order valence-corrected chi connectivity index (χ3v) is 2.23. The molecular formula is C11H15N3O2. The Morgan fingerprint density at radius 1 is 1.56 bits per heavy atom. The number of rotatable bonds is 6. The van der Waals surface area contributed by atoms with Crippen LogP contribution in [0.4, 0.5) is 5.69 Å². The lowest BCUT2D eigenvalue weighted by Gasteiger charge is -2.00. The molecule has 1 N–H and O–H groups in total. The molecule has 0 unspecified atom stereocenters. The van der Waals surface area contributed by atoms with Crippen molar-refractivity contribution in [2.45, 2.75) is 13.1 Å². The first-order valence-corrected chi connectivity index (χ1v) is 5.15. The molecule has 0 aliphatic heterocycles. The van der Waals surface area contributed by atoms with Crippen LogP contribution in [0.1, 0.15) is 5.56 Å². The smallest absolute Gasteiger partial charge is 0.0952 e. The molecule has 0 radical (unpaired) electrons. The predicted octanol–water partition coefficient (Wildman–Crippen LogP) is 1.73. The molecular weight excluding hydrogens is 206 g/mol. The van der Waals surface area contributed by atoms with E-state index < -0.39 is 0 Å². The average molecular weight is 221 g/mol. The Kier molecular flexibility index (Phi) is 3.61. The average Bonchev–Trinajstić information content (AvgIpc) is 2.95. The second-order valence-electron chi connectivity index (χ2n) is 3.47. The Morgan fingerprint density at radius 3 is 3.25 bits per heavy atom. The van der Waals surface area contributed by atoms with Gasteiger partial charge in [-0.3, -0.25) is 4.68 Å². The maximum absolute atomic E-state index is 4.98. The zero-order valence-corrected chi connectivity index (χ0v) is 9.22. The van der Waals surface area contributed by atoms with Gasteiger partial charge in [-0.25, -0.2) is 0 Å². The van der Waals surface area contributed by atoms with E-state index in [9.17, 15) is 0 Å². The highest BCUT2D eigenvalue weighted by Gasteiger charge is 1.98. The number of aromatic nitrogens is 2. The first-order valence-electron chi connectivity index (χ1n) is 5.15. The highest BCUT2D eigenvalue weighted by molar-refractivity contribution is 5.38. The van der Waals surface area contributed by atoms with Crippen molar-refractivity contribution < 1.29 is 9.15 Å². The topological polar surface area (TPSA) is 52.2 Å². The van der Waals surface area contributed by atoms with Crippen LogP contribution in [0.3, 0.4) is 0 Å². The van der Waals surface area contributed by atoms with Crippen LogP contribution in [0.15, 0.2) is 35.4 Å². The fourth-order valence-corrected chi connectivity index (χ4v) is 1.36. The van der Waals surface area contributed by atoms with Crippen molar-refractivity contribution in [2.24, 2.45) is 0 Å². The van der Waals surface area contributed by atoms with Gasteiger partial charge >= 0.3 is 0 Å². The number of methoxy groups -OCH3 is 1. The van der Waals surface area contributed by atoms with Crippen LogP contribution < -0.4 is 5.32 Å². The maximum atomic E-state index is 4.98. The summed E-state index contributed by atoms with van der Waals surface area (Å²) in [6.45, 7) is 2.18. The molecule has 0 fully saturated rings. The number of ether oxygens (including phenoxy) is 1. The molecule has 2 heterocycles. The van der Waals surface area contributed by atoms with Gasteiger partial charge in [-0.1, -0.05) is 0 Å². The number of nitrogens with one attached hydrogen (secondary N) is 1. The van der Waals surface area contributed by atoms with E-state index in [0.29, 0.717) is 6.61 Å². The first-order chi connectivity index (χ1) is 7.88. The zero-order valence-electron chi connectivity index (χ0n) is 9.22. The van der Waals surface area contributed by atoms with E-state index in [1.807, 2.05) is 16.9 Å². The summed E-state index contributed by atoms with van der Waals surface area (Å²) in [5.74, 6) is 0. The molecule has 0 aromatic carbocycles. The van der Waals surface area contributed by atoms with Gasteiger partial charge in [0.25, 0.3) is 0 Å². The second kappa shape index (κ2) is 5.37. The number of hydrogen-bond donors (Lipinski definition) is 1. The summed E-state index contributed by atoms with van der Waals surface area (Å²) < 4.78 is 11.8. The minimum atomic E-state index is 0.669. The van der Waals surface area contributed by atoms with Gasteiger partial charge in [-0.15, -0.1) is 0 Å². The highest BCUT2D eigenvalue weighted by Crippen LogP contribution is 2.08. The lowest BCUT2D eigenvalue weighted by atomic mass is 10.3. The molecule has 0 aliphatic rings. The maximum Gasteiger partial charge on any atom is 0.0952 e. The molecule has 86 valence electrons. The van der Waals surface area contributed by atoms with E-state index in [-0.39, 0.29) is 0 Å². The molecule has 16 heavy (non-hydrogen) atoms. The van der Waals surface area contributed by atoms with Crippen LogP contribution in [0, 0.1) is 0 Å². The summed E-state index contributed by atoms with van der Waals surface area (Å²) in [7, 11) is 1.68. The van der Waals surface area contributed by atoms with Crippen LogP contribution in [0.5, 0.6) is 0 Å². The van der Waals surface area contributed by atoms with E-state index >= 15 is 0 Å². The fraction of sp³-hybridized carbons (Fsp3) is 0.364. The van der Waals surface area contributed by atoms with Gasteiger partial charge in [0.05, 0.1) is 37.6 Å². The van der Waals surface area contributed by atoms with Gasteiger partial charge in [0.15, 0.2) is 0 Å². The Bertz CT molecular complexity index is 409. The molecule has 5 nitrogen and oxygen atoms in total. The van der Waals surface area contributed by atoms with E-state index in [1.165, 1.54) is 0 Å². The molecule has 0 atom stereocenters. The number of furan rings is 1. The van der Waals surface area contributed by atoms with E-state index in [4.69, 9.17) is 9.15 Å². The summed E-state index contributed by atoms with van der Waals surface area (Å²) >= 11 is 0. The molecule has 0 aliphatic carbocycles. The largest absolute Gasteiger partial charge is 0.472 e. The molecule has 0 saturated carbocycles. The summed E-state index contributed by atoms with van der Waals surface area (Å²) in [4.78, 5) is 0. The number of anilines is 1. The van der Waals surface area contributed by atoms with Crippen molar-refractivity contribution in [3.63, 3.8) is 0 Å². The quantitative estimate of drug-likeness (QED) is 0.807. The van der Waals surface area contributed by atoms with Gasteiger partial charge < -0.3 is 14.5 Å². The highest BCUT2D eigenvalue weighted by atomic mass is 16.5. The van der Waals surface area contributed by atoms with Crippen LogP contribution in [0.25, 0.3) is 0 Å². The Balaban J connectivity index is 1.83. The van der Waals surface area contributed by atoms with Gasteiger partial charge in [0.1, 0.15) is 0 Å². The van der Waals surface area contributed by atoms with E-state index in [0.717, 1.165) is 24.3 Å². The van der Waals surface area contributed by atoms with Gasteiger partial charge in [-0.05, 0) is 6.07 Å². The van der Waals surface area contributed by atoms with Crippen molar-refractivity contribution in [3.8, 4) is 0 Å². The molecule has 0 spiro atoms. The third kappa shape index (κ3) is 2.87. The minimum absolute atomic E-state index is 0.669. The predicted molar refractivity (Wildman–Crippen MR) is 60.1 cm³/mol. The van der Waals surface area contributed by atoms with Gasteiger partial charge in [0, 0.05) is 25.4 Å². The van der Waals surface area contributed by atoms with Crippen LogP contribution >= 0.6 is 0 Å². The van der Waals surface area contributed by atoms with Crippen molar-refractivity contribution in [1.29, 1.82) is 0 Å². The molecule has 5 heteroatoms. The van der Waals surface area contributed by atoms with E-state index in [1.54, 1.807) is 25.8 Å².